The smallest absolute Gasteiger partial charge is 0.233 e. The second kappa shape index (κ2) is 7.40. The summed E-state index contributed by atoms with van der Waals surface area (Å²) in [6.07, 6.45) is 5.23. The Labute approximate surface area is 138 Å². The summed E-state index contributed by atoms with van der Waals surface area (Å²) in [6.45, 7) is 3.33. The van der Waals surface area contributed by atoms with Gasteiger partial charge in [0.25, 0.3) is 0 Å². The monoisotopic (exact) mass is 333 g/mol. The molecule has 0 spiro atoms. The van der Waals surface area contributed by atoms with Crippen LogP contribution in [-0.2, 0) is 4.79 Å². The number of H-pyrrole nitrogens is 1. The van der Waals surface area contributed by atoms with Crippen LogP contribution in [0.5, 0.6) is 0 Å². The van der Waals surface area contributed by atoms with E-state index in [2.05, 4.69) is 30.5 Å². The molecule has 2 N–H and O–H groups in total. The third-order valence-corrected chi connectivity index (χ3v) is 4.48. The number of aryl methyl sites for hydroxylation is 1. The van der Waals surface area contributed by atoms with Gasteiger partial charge in [0.15, 0.2) is 0 Å². The van der Waals surface area contributed by atoms with Crippen molar-refractivity contribution in [3.05, 3.63) is 24.3 Å². The molecule has 2 aromatic rings. The molecule has 1 saturated heterocycles. The third kappa shape index (κ3) is 4.41. The van der Waals surface area contributed by atoms with Crippen molar-refractivity contribution in [1.82, 2.24) is 30.0 Å². The molecule has 1 amide bonds. The number of carbonyl (C=O) groups is 1. The largest absolute Gasteiger partial charge is 0.351 e. The van der Waals surface area contributed by atoms with Gasteiger partial charge in [-0.3, -0.25) is 9.89 Å². The van der Waals surface area contributed by atoms with Crippen LogP contribution in [0.1, 0.15) is 18.7 Å². The van der Waals surface area contributed by atoms with Gasteiger partial charge in [0.1, 0.15) is 5.82 Å². The van der Waals surface area contributed by atoms with E-state index in [0.29, 0.717) is 22.9 Å². The SMILES string of the molecule is Cc1nc(SCC(=O)N2CCC(Nc3ncccn3)CC2)n[nH]1. The van der Waals surface area contributed by atoms with Gasteiger partial charge in [-0.15, -0.1) is 5.10 Å². The van der Waals surface area contributed by atoms with Crippen LogP contribution in [0.3, 0.4) is 0 Å². The second-order valence-corrected chi connectivity index (χ2v) is 6.31. The normalized spacial score (nSPS) is 15.6. The van der Waals surface area contributed by atoms with Gasteiger partial charge in [0.05, 0.1) is 5.75 Å². The number of aromatic nitrogens is 5. The molecule has 0 bridgehead atoms. The van der Waals surface area contributed by atoms with E-state index in [1.807, 2.05) is 11.8 Å². The van der Waals surface area contributed by atoms with Crippen LogP contribution in [0.2, 0.25) is 0 Å². The fourth-order valence-corrected chi connectivity index (χ4v) is 3.18. The van der Waals surface area contributed by atoms with Crippen molar-refractivity contribution in [1.29, 1.82) is 0 Å². The maximum Gasteiger partial charge on any atom is 0.233 e. The summed E-state index contributed by atoms with van der Waals surface area (Å²) < 4.78 is 0. The standard InChI is InChI=1S/C14H19N7OS/c1-10-17-14(20-19-10)23-9-12(22)21-7-3-11(4-8-21)18-13-15-5-2-6-16-13/h2,5-6,11H,3-4,7-9H2,1H3,(H,15,16,18)(H,17,19,20). The van der Waals surface area contributed by atoms with Gasteiger partial charge >= 0.3 is 0 Å². The van der Waals surface area contributed by atoms with Gasteiger partial charge in [-0.05, 0) is 25.8 Å². The highest BCUT2D eigenvalue weighted by Gasteiger charge is 2.23. The number of piperidine rings is 1. The molecule has 0 aliphatic carbocycles. The first-order valence-corrected chi connectivity index (χ1v) is 8.52. The number of carbonyl (C=O) groups excluding carboxylic acids is 1. The minimum absolute atomic E-state index is 0.131. The maximum absolute atomic E-state index is 12.2. The molecule has 9 heteroatoms. The second-order valence-electron chi connectivity index (χ2n) is 5.36. The average molecular weight is 333 g/mol. The first kappa shape index (κ1) is 15.7. The Morgan fingerprint density at radius 3 is 2.78 bits per heavy atom. The quantitative estimate of drug-likeness (QED) is 0.790. The molecule has 0 saturated carbocycles. The average Bonchev–Trinajstić information content (AvgIpc) is 3.00. The number of rotatable bonds is 5. The van der Waals surface area contributed by atoms with E-state index >= 15 is 0 Å². The Morgan fingerprint density at radius 2 is 2.13 bits per heavy atom. The van der Waals surface area contributed by atoms with E-state index in [4.69, 9.17) is 0 Å². The first-order valence-electron chi connectivity index (χ1n) is 7.54. The molecule has 3 rings (SSSR count). The maximum atomic E-state index is 12.2. The number of nitrogens with one attached hydrogen (secondary N) is 2. The topological polar surface area (TPSA) is 99.7 Å². The molecule has 8 nitrogen and oxygen atoms in total. The number of thioether (sulfide) groups is 1. The van der Waals surface area contributed by atoms with E-state index in [9.17, 15) is 4.79 Å². The molecule has 122 valence electrons. The van der Waals surface area contributed by atoms with Gasteiger partial charge in [0.2, 0.25) is 17.0 Å². The predicted molar refractivity (Wildman–Crippen MR) is 87.1 cm³/mol. The van der Waals surface area contributed by atoms with Crippen molar-refractivity contribution < 1.29 is 4.79 Å². The molecule has 0 atom stereocenters. The summed E-state index contributed by atoms with van der Waals surface area (Å²) >= 11 is 1.37. The Hall–Kier alpha value is -2.16. The zero-order valence-electron chi connectivity index (χ0n) is 12.9. The molecule has 1 aliphatic heterocycles. The van der Waals surface area contributed by atoms with Crippen molar-refractivity contribution >= 4 is 23.6 Å². The van der Waals surface area contributed by atoms with Gasteiger partial charge in [-0.2, -0.15) is 0 Å². The lowest BCUT2D eigenvalue weighted by Gasteiger charge is -2.32. The zero-order chi connectivity index (χ0) is 16.1. The lowest BCUT2D eigenvalue weighted by molar-refractivity contribution is -0.129. The summed E-state index contributed by atoms with van der Waals surface area (Å²) in [4.78, 5) is 26.7. The van der Waals surface area contributed by atoms with Crippen LogP contribution >= 0.6 is 11.8 Å². The molecule has 3 heterocycles. The molecule has 1 aliphatic rings. The van der Waals surface area contributed by atoms with Crippen LogP contribution in [-0.4, -0.2) is 60.8 Å². The molecular weight excluding hydrogens is 314 g/mol. The van der Waals surface area contributed by atoms with Gasteiger partial charge in [-0.1, -0.05) is 11.8 Å². The summed E-state index contributed by atoms with van der Waals surface area (Å²) in [7, 11) is 0. The Kier molecular flexibility index (Phi) is 5.06. The number of amides is 1. The molecule has 0 unspecified atom stereocenters. The van der Waals surface area contributed by atoms with E-state index in [0.717, 1.165) is 31.8 Å². The number of likely N-dealkylation sites (tertiary alicyclic amines) is 1. The fraction of sp³-hybridized carbons (Fsp3) is 0.500. The highest BCUT2D eigenvalue weighted by Crippen LogP contribution is 2.17. The number of aromatic amines is 1. The van der Waals surface area contributed by atoms with E-state index < -0.39 is 0 Å². The summed E-state index contributed by atoms with van der Waals surface area (Å²) in [5.74, 6) is 1.91. The van der Waals surface area contributed by atoms with Crippen LogP contribution in [0.15, 0.2) is 23.6 Å². The number of anilines is 1. The summed E-state index contributed by atoms with van der Waals surface area (Å²) in [6, 6.07) is 2.10. The number of hydrogen-bond donors (Lipinski definition) is 2. The van der Waals surface area contributed by atoms with Crippen molar-refractivity contribution in [3.8, 4) is 0 Å². The zero-order valence-corrected chi connectivity index (χ0v) is 13.7. The molecular formula is C14H19N7OS. The lowest BCUT2D eigenvalue weighted by atomic mass is 10.1. The molecule has 0 radical (unpaired) electrons. The van der Waals surface area contributed by atoms with Gasteiger partial charge in [0, 0.05) is 31.5 Å². The molecule has 1 fully saturated rings. The lowest BCUT2D eigenvalue weighted by Crippen LogP contribution is -2.43. The van der Waals surface area contributed by atoms with Crippen LogP contribution in [0, 0.1) is 6.92 Å². The van der Waals surface area contributed by atoms with Crippen molar-refractivity contribution in [2.45, 2.75) is 31.0 Å². The van der Waals surface area contributed by atoms with E-state index in [-0.39, 0.29) is 5.91 Å². The van der Waals surface area contributed by atoms with Gasteiger partial charge in [-0.25, -0.2) is 15.0 Å². The Balaban J connectivity index is 1.42. The highest BCUT2D eigenvalue weighted by atomic mass is 32.2. The van der Waals surface area contributed by atoms with Crippen LogP contribution in [0.4, 0.5) is 5.95 Å². The minimum Gasteiger partial charge on any atom is -0.351 e. The highest BCUT2D eigenvalue weighted by molar-refractivity contribution is 7.99. The van der Waals surface area contributed by atoms with Crippen LogP contribution < -0.4 is 5.32 Å². The van der Waals surface area contributed by atoms with E-state index in [1.165, 1.54) is 11.8 Å². The third-order valence-electron chi connectivity index (χ3n) is 3.65. The fourth-order valence-electron chi connectivity index (χ4n) is 2.43. The minimum atomic E-state index is 0.131. The van der Waals surface area contributed by atoms with Crippen molar-refractivity contribution in [2.75, 3.05) is 24.2 Å². The Morgan fingerprint density at radius 1 is 1.39 bits per heavy atom. The predicted octanol–water partition coefficient (Wildman–Crippen LogP) is 1.10. The van der Waals surface area contributed by atoms with Crippen molar-refractivity contribution in [3.63, 3.8) is 0 Å². The van der Waals surface area contributed by atoms with E-state index in [1.54, 1.807) is 18.5 Å². The number of nitrogens with zero attached hydrogens (tertiary/aromatic N) is 5. The van der Waals surface area contributed by atoms with Crippen molar-refractivity contribution in [2.24, 2.45) is 0 Å². The number of hydrogen-bond acceptors (Lipinski definition) is 7. The molecule has 0 aromatic carbocycles. The first-order chi connectivity index (χ1) is 11.2. The molecule has 23 heavy (non-hydrogen) atoms. The summed E-state index contributed by atoms with van der Waals surface area (Å²) in [5, 5.41) is 10.7. The summed E-state index contributed by atoms with van der Waals surface area (Å²) in [5.41, 5.74) is 0. The van der Waals surface area contributed by atoms with Gasteiger partial charge < -0.3 is 10.2 Å². The Bertz CT molecular complexity index is 640. The van der Waals surface area contributed by atoms with Crippen LogP contribution in [0.25, 0.3) is 0 Å². The molecule has 2 aromatic heterocycles.